The van der Waals surface area contributed by atoms with E-state index < -0.39 is 14.8 Å². The Morgan fingerprint density at radius 2 is 1.87 bits per heavy atom. The van der Waals surface area contributed by atoms with Crippen LogP contribution in [0.2, 0.25) is 5.02 Å². The van der Waals surface area contributed by atoms with E-state index in [0.717, 1.165) is 0 Å². The molecule has 0 aliphatic heterocycles. The summed E-state index contributed by atoms with van der Waals surface area (Å²) in [6.07, 6.45) is 0.571. The van der Waals surface area contributed by atoms with Crippen molar-refractivity contribution >= 4 is 31.3 Å². The van der Waals surface area contributed by atoms with Crippen LogP contribution in [0.25, 0.3) is 0 Å². The lowest BCUT2D eigenvalue weighted by Gasteiger charge is -2.08. The second-order valence-corrected chi connectivity index (χ2v) is 6.32. The fourth-order valence-corrected chi connectivity index (χ4v) is 2.49. The molecule has 84 valence electrons. The molecule has 0 radical (unpaired) electrons. The molecule has 0 unspecified atom stereocenters. The van der Waals surface area contributed by atoms with Crippen molar-refractivity contribution < 1.29 is 13.5 Å². The maximum Gasteiger partial charge on any atom is 0.236 e. The molecule has 1 aromatic carbocycles. The van der Waals surface area contributed by atoms with Crippen molar-refractivity contribution in [1.82, 2.24) is 0 Å². The SMILES string of the molecule is CCc1cc(Cl)cc(CS(=O)(=O)Cl)c1O. The molecule has 0 atom stereocenters. The molecule has 0 aliphatic carbocycles. The Morgan fingerprint density at radius 1 is 1.33 bits per heavy atom. The third kappa shape index (κ3) is 3.55. The van der Waals surface area contributed by atoms with Gasteiger partial charge in [-0.3, -0.25) is 0 Å². The second kappa shape index (κ2) is 4.60. The maximum atomic E-state index is 10.9. The first-order chi connectivity index (χ1) is 6.83. The monoisotopic (exact) mass is 268 g/mol. The maximum absolute atomic E-state index is 10.9. The zero-order valence-corrected chi connectivity index (χ0v) is 10.3. The van der Waals surface area contributed by atoms with Gasteiger partial charge in [-0.15, -0.1) is 0 Å². The molecule has 1 N–H and O–H groups in total. The largest absolute Gasteiger partial charge is 0.507 e. The number of rotatable bonds is 3. The van der Waals surface area contributed by atoms with Gasteiger partial charge in [0.15, 0.2) is 0 Å². The summed E-state index contributed by atoms with van der Waals surface area (Å²) in [6, 6.07) is 3.00. The van der Waals surface area contributed by atoms with Crippen LogP contribution in [0.1, 0.15) is 18.1 Å². The molecule has 0 saturated carbocycles. The van der Waals surface area contributed by atoms with Crippen LogP contribution in [0.15, 0.2) is 12.1 Å². The number of halogens is 2. The van der Waals surface area contributed by atoms with Crippen LogP contribution in [-0.4, -0.2) is 13.5 Å². The van der Waals surface area contributed by atoms with Gasteiger partial charge in [0.05, 0.1) is 5.75 Å². The molecule has 0 aliphatic rings. The summed E-state index contributed by atoms with van der Waals surface area (Å²) >= 11 is 5.78. The van der Waals surface area contributed by atoms with E-state index in [-0.39, 0.29) is 11.3 Å². The van der Waals surface area contributed by atoms with Crippen LogP contribution in [0.4, 0.5) is 0 Å². The lowest BCUT2D eigenvalue weighted by molar-refractivity contribution is 0.463. The number of hydrogen-bond donors (Lipinski definition) is 1. The average molecular weight is 269 g/mol. The van der Waals surface area contributed by atoms with E-state index >= 15 is 0 Å². The molecule has 0 heterocycles. The molecular formula is C9H10Cl2O3S. The van der Waals surface area contributed by atoms with Crippen LogP contribution in [0.3, 0.4) is 0 Å². The average Bonchev–Trinajstić information content (AvgIpc) is 2.08. The topological polar surface area (TPSA) is 54.4 Å². The molecule has 0 bridgehead atoms. The van der Waals surface area contributed by atoms with Crippen molar-refractivity contribution in [1.29, 1.82) is 0 Å². The van der Waals surface area contributed by atoms with Crippen LogP contribution >= 0.6 is 22.3 Å². The Balaban J connectivity index is 3.24. The summed E-state index contributed by atoms with van der Waals surface area (Å²) in [5, 5.41) is 10.1. The highest BCUT2D eigenvalue weighted by molar-refractivity contribution is 8.13. The lowest BCUT2D eigenvalue weighted by Crippen LogP contribution is -1.97. The molecule has 3 nitrogen and oxygen atoms in total. The van der Waals surface area contributed by atoms with E-state index in [1.54, 1.807) is 6.07 Å². The zero-order chi connectivity index (χ0) is 11.6. The van der Waals surface area contributed by atoms with Crippen molar-refractivity contribution in [2.45, 2.75) is 19.1 Å². The Kier molecular flexibility index (Phi) is 3.87. The summed E-state index contributed by atoms with van der Waals surface area (Å²) in [4.78, 5) is 0. The van der Waals surface area contributed by atoms with E-state index in [1.807, 2.05) is 6.92 Å². The van der Waals surface area contributed by atoms with Crippen LogP contribution in [-0.2, 0) is 21.2 Å². The van der Waals surface area contributed by atoms with Gasteiger partial charge in [0.1, 0.15) is 5.75 Å². The fourth-order valence-electron chi connectivity index (χ4n) is 1.28. The summed E-state index contributed by atoms with van der Waals surface area (Å²) < 4.78 is 21.8. The number of benzene rings is 1. The molecule has 6 heteroatoms. The first-order valence-electron chi connectivity index (χ1n) is 4.26. The standard InChI is InChI=1S/C9H10Cl2O3S/c1-2-6-3-8(10)4-7(9(6)12)5-15(11,13)14/h3-4,12H,2,5H2,1H3. The second-order valence-electron chi connectivity index (χ2n) is 3.11. The molecule has 0 aromatic heterocycles. The van der Waals surface area contributed by atoms with Gasteiger partial charge in [-0.25, -0.2) is 8.42 Å². The Morgan fingerprint density at radius 3 is 2.33 bits per heavy atom. The summed E-state index contributed by atoms with van der Waals surface area (Å²) in [5.41, 5.74) is 0.840. The van der Waals surface area contributed by atoms with Crippen molar-refractivity contribution in [2.75, 3.05) is 0 Å². The van der Waals surface area contributed by atoms with Gasteiger partial charge >= 0.3 is 0 Å². The molecule has 1 aromatic rings. The van der Waals surface area contributed by atoms with Gasteiger partial charge in [-0.05, 0) is 24.1 Å². The molecule has 15 heavy (non-hydrogen) atoms. The number of phenols is 1. The zero-order valence-electron chi connectivity index (χ0n) is 8.00. The molecule has 1 rings (SSSR count). The van der Waals surface area contributed by atoms with Gasteiger partial charge in [-0.1, -0.05) is 18.5 Å². The summed E-state index contributed by atoms with van der Waals surface area (Å²) in [7, 11) is 1.42. The normalized spacial score (nSPS) is 11.7. The minimum absolute atomic E-state index is 0.0499. The van der Waals surface area contributed by atoms with Gasteiger partial charge < -0.3 is 5.11 Å². The number of hydrogen-bond acceptors (Lipinski definition) is 3. The first-order valence-corrected chi connectivity index (χ1v) is 7.11. The first kappa shape index (κ1) is 12.6. The van der Waals surface area contributed by atoms with E-state index in [1.165, 1.54) is 6.07 Å². The summed E-state index contributed by atoms with van der Waals surface area (Å²) in [6.45, 7) is 1.84. The highest BCUT2D eigenvalue weighted by Crippen LogP contribution is 2.29. The lowest BCUT2D eigenvalue weighted by atomic mass is 10.1. The minimum Gasteiger partial charge on any atom is -0.507 e. The molecule has 0 fully saturated rings. The quantitative estimate of drug-likeness (QED) is 0.858. The highest BCUT2D eigenvalue weighted by Gasteiger charge is 2.14. The van der Waals surface area contributed by atoms with Crippen LogP contribution < -0.4 is 0 Å². The van der Waals surface area contributed by atoms with Crippen LogP contribution in [0, 0.1) is 0 Å². The molecule has 0 saturated heterocycles. The third-order valence-corrected chi connectivity index (χ3v) is 3.14. The molecular weight excluding hydrogens is 259 g/mol. The summed E-state index contributed by atoms with van der Waals surface area (Å²) in [5.74, 6) is -0.473. The van der Waals surface area contributed by atoms with Crippen molar-refractivity contribution in [3.05, 3.63) is 28.3 Å². The fraction of sp³-hybridized carbons (Fsp3) is 0.333. The molecule has 0 spiro atoms. The van der Waals surface area contributed by atoms with Gasteiger partial charge in [0.2, 0.25) is 9.05 Å². The van der Waals surface area contributed by atoms with Crippen molar-refractivity contribution in [3.63, 3.8) is 0 Å². The Labute approximate surface area is 98.1 Å². The predicted molar refractivity (Wildman–Crippen MR) is 61.0 cm³/mol. The van der Waals surface area contributed by atoms with Gasteiger partial charge in [0.25, 0.3) is 0 Å². The van der Waals surface area contributed by atoms with Gasteiger partial charge in [-0.2, -0.15) is 0 Å². The van der Waals surface area contributed by atoms with Crippen molar-refractivity contribution in [2.24, 2.45) is 0 Å². The van der Waals surface area contributed by atoms with E-state index in [0.29, 0.717) is 17.0 Å². The van der Waals surface area contributed by atoms with Gasteiger partial charge in [0, 0.05) is 21.3 Å². The smallest absolute Gasteiger partial charge is 0.236 e. The van der Waals surface area contributed by atoms with E-state index in [4.69, 9.17) is 22.3 Å². The van der Waals surface area contributed by atoms with E-state index in [9.17, 15) is 13.5 Å². The van der Waals surface area contributed by atoms with E-state index in [2.05, 4.69) is 0 Å². The molecule has 0 amide bonds. The Hall–Kier alpha value is -0.450. The number of aryl methyl sites for hydroxylation is 1. The third-order valence-electron chi connectivity index (χ3n) is 1.94. The van der Waals surface area contributed by atoms with Crippen LogP contribution in [0.5, 0.6) is 5.75 Å². The van der Waals surface area contributed by atoms with Crippen molar-refractivity contribution in [3.8, 4) is 5.75 Å². The number of phenolic OH excluding ortho intramolecular Hbond substituents is 1. The minimum atomic E-state index is -3.69. The number of aromatic hydroxyl groups is 1. The predicted octanol–water partition coefficient (Wildman–Crippen LogP) is 2.68. The highest BCUT2D eigenvalue weighted by atomic mass is 35.7. The Bertz CT molecular complexity index is 468.